The van der Waals surface area contributed by atoms with Gasteiger partial charge in [0, 0.05) is 17.2 Å². The molecule has 0 aliphatic rings. The van der Waals surface area contributed by atoms with Gasteiger partial charge in [0.2, 0.25) is 11.9 Å². The number of benzene rings is 2. The summed E-state index contributed by atoms with van der Waals surface area (Å²) in [7, 11) is 1.62. The highest BCUT2D eigenvalue weighted by molar-refractivity contribution is 7.98. The molecular weight excluding hydrogens is 428 g/mol. The van der Waals surface area contributed by atoms with Gasteiger partial charge < -0.3 is 9.15 Å². The highest BCUT2D eigenvalue weighted by Crippen LogP contribution is 2.26. The normalized spacial score (nSPS) is 11.2. The van der Waals surface area contributed by atoms with Gasteiger partial charge in [0.05, 0.1) is 24.0 Å². The van der Waals surface area contributed by atoms with E-state index in [-0.39, 0.29) is 11.5 Å². The van der Waals surface area contributed by atoms with Crippen LogP contribution < -0.4 is 15.6 Å². The lowest BCUT2D eigenvalue weighted by Gasteiger charge is -2.09. The second-order valence-electron chi connectivity index (χ2n) is 6.96. The molecule has 2 N–H and O–H groups in total. The lowest BCUT2D eigenvalue weighted by atomic mass is 10.2. The summed E-state index contributed by atoms with van der Waals surface area (Å²) in [6.45, 7) is 1.89. The molecule has 32 heavy (non-hydrogen) atoms. The molecule has 5 aromatic rings. The lowest BCUT2D eigenvalue weighted by molar-refractivity contribution is 0.415. The molecule has 0 aliphatic carbocycles. The Kier molecular flexibility index (Phi) is 5.20. The molecule has 10 heteroatoms. The maximum Gasteiger partial charge on any atom is 0.257 e. The molecule has 0 amide bonds. The van der Waals surface area contributed by atoms with Crippen molar-refractivity contribution < 1.29 is 9.15 Å². The van der Waals surface area contributed by atoms with Crippen LogP contribution in [-0.2, 0) is 5.75 Å². The third-order valence-electron chi connectivity index (χ3n) is 4.74. The monoisotopic (exact) mass is 446 g/mol. The number of H-pyrrole nitrogens is 1. The van der Waals surface area contributed by atoms with E-state index in [9.17, 15) is 4.79 Å². The van der Waals surface area contributed by atoms with Crippen molar-refractivity contribution in [2.24, 2.45) is 0 Å². The molecule has 3 heterocycles. The lowest BCUT2D eigenvalue weighted by Crippen LogP contribution is -2.13. The molecule has 5 rings (SSSR count). The van der Waals surface area contributed by atoms with E-state index in [0.29, 0.717) is 22.6 Å². The first-order chi connectivity index (χ1) is 15.6. The third-order valence-corrected chi connectivity index (χ3v) is 5.60. The van der Waals surface area contributed by atoms with Crippen molar-refractivity contribution in [2.45, 2.75) is 17.9 Å². The van der Waals surface area contributed by atoms with Gasteiger partial charge in [0.1, 0.15) is 11.3 Å². The number of fused-ring (bicyclic) bond motifs is 2. The fourth-order valence-corrected chi connectivity index (χ4v) is 3.97. The summed E-state index contributed by atoms with van der Waals surface area (Å²) in [6, 6.07) is 14.6. The first-order valence-corrected chi connectivity index (χ1v) is 10.7. The number of nitrogens with one attached hydrogen (secondary N) is 2. The van der Waals surface area contributed by atoms with Crippen molar-refractivity contribution in [3.05, 3.63) is 70.3 Å². The second-order valence-corrected chi connectivity index (χ2v) is 7.89. The fourth-order valence-electron chi connectivity index (χ4n) is 3.24. The molecule has 3 aromatic heterocycles. The van der Waals surface area contributed by atoms with Gasteiger partial charge in [-0.3, -0.25) is 15.1 Å². The van der Waals surface area contributed by atoms with Gasteiger partial charge in [-0.25, -0.2) is 19.9 Å². The number of thioether (sulfide) groups is 1. The predicted molar refractivity (Wildman–Crippen MR) is 123 cm³/mol. The number of hydrogen-bond acceptors (Lipinski definition) is 9. The van der Waals surface area contributed by atoms with Crippen LogP contribution in [0, 0.1) is 6.92 Å². The van der Waals surface area contributed by atoms with Crippen LogP contribution in [-0.4, -0.2) is 32.0 Å². The number of nitrogens with zero attached hydrogens (tertiary/aromatic N) is 4. The Hall–Kier alpha value is -3.92. The van der Waals surface area contributed by atoms with E-state index in [1.807, 2.05) is 49.4 Å². The van der Waals surface area contributed by atoms with E-state index >= 15 is 0 Å². The van der Waals surface area contributed by atoms with Crippen LogP contribution in [0.5, 0.6) is 5.75 Å². The van der Waals surface area contributed by atoms with Crippen molar-refractivity contribution in [1.82, 2.24) is 24.9 Å². The summed E-state index contributed by atoms with van der Waals surface area (Å²) in [5.41, 5.74) is 3.34. The topological polar surface area (TPSA) is 119 Å². The maximum absolute atomic E-state index is 12.2. The summed E-state index contributed by atoms with van der Waals surface area (Å²) in [5, 5.41) is 4.41. The van der Waals surface area contributed by atoms with Gasteiger partial charge in [-0.1, -0.05) is 23.9 Å². The molecule has 160 valence electrons. The number of oxazole rings is 1. The van der Waals surface area contributed by atoms with Crippen molar-refractivity contribution in [1.29, 1.82) is 0 Å². The average Bonchev–Trinajstić information content (AvgIpc) is 3.20. The summed E-state index contributed by atoms with van der Waals surface area (Å²) < 4.78 is 11.0. The molecule has 0 spiro atoms. The van der Waals surface area contributed by atoms with Gasteiger partial charge in [0.15, 0.2) is 5.58 Å². The van der Waals surface area contributed by atoms with Crippen LogP contribution in [0.3, 0.4) is 0 Å². The third kappa shape index (κ3) is 4.12. The molecule has 0 radical (unpaired) electrons. The molecule has 0 atom stereocenters. The minimum absolute atomic E-state index is 0.262. The minimum atomic E-state index is -0.280. The Morgan fingerprint density at radius 1 is 1.06 bits per heavy atom. The van der Waals surface area contributed by atoms with Gasteiger partial charge in [-0.15, -0.1) is 0 Å². The van der Waals surface area contributed by atoms with Crippen molar-refractivity contribution >= 4 is 45.7 Å². The van der Waals surface area contributed by atoms with Gasteiger partial charge >= 0.3 is 0 Å². The first kappa shape index (κ1) is 20.0. The number of para-hydroxylation sites is 2. The highest BCUT2D eigenvalue weighted by atomic mass is 32.2. The van der Waals surface area contributed by atoms with Crippen LogP contribution in [0.2, 0.25) is 0 Å². The van der Waals surface area contributed by atoms with Crippen molar-refractivity contribution in [3.8, 4) is 5.75 Å². The molecule has 0 unspecified atom stereocenters. The number of ether oxygens (including phenoxy) is 1. The molecule has 0 bridgehead atoms. The summed E-state index contributed by atoms with van der Waals surface area (Å²) >= 11 is 1.37. The number of rotatable bonds is 6. The molecule has 0 saturated carbocycles. The SMILES string of the molecule is COc1ccc2nc(Nc3nc(CSc4nc5ccccc5o4)cc(=O)[nH]3)nc(C)c2c1. The zero-order chi connectivity index (χ0) is 22.1. The van der Waals surface area contributed by atoms with Gasteiger partial charge in [-0.05, 0) is 37.3 Å². The van der Waals surface area contributed by atoms with Crippen LogP contribution in [0.4, 0.5) is 11.9 Å². The smallest absolute Gasteiger partial charge is 0.257 e. The molecule has 9 nitrogen and oxygen atoms in total. The summed E-state index contributed by atoms with van der Waals surface area (Å²) in [4.78, 5) is 32.7. The minimum Gasteiger partial charge on any atom is -0.497 e. The van der Waals surface area contributed by atoms with E-state index in [1.54, 1.807) is 7.11 Å². The Balaban J connectivity index is 1.37. The second kappa shape index (κ2) is 8.31. The largest absolute Gasteiger partial charge is 0.497 e. The number of hydrogen-bond donors (Lipinski definition) is 2. The standard InChI is InChI=1S/C22H18N6O3S/c1-12-15-10-14(30-2)7-8-16(15)25-20(23-12)28-21-24-13(9-19(29)27-21)11-32-22-26-17-5-3-4-6-18(17)31-22/h3-10H,11H2,1-2H3,(H2,23,24,25,27,28,29). The molecule has 0 aliphatic heterocycles. The average molecular weight is 446 g/mol. The number of aromatic nitrogens is 5. The number of anilines is 2. The molecular formula is C22H18N6O3S. The first-order valence-electron chi connectivity index (χ1n) is 9.75. The Morgan fingerprint density at radius 2 is 1.94 bits per heavy atom. The quantitative estimate of drug-likeness (QED) is 0.370. The fraction of sp³-hybridized carbons (Fsp3) is 0.136. The Morgan fingerprint density at radius 3 is 2.78 bits per heavy atom. The van der Waals surface area contributed by atoms with Crippen molar-refractivity contribution in [3.63, 3.8) is 0 Å². The van der Waals surface area contributed by atoms with Crippen LogP contribution in [0.1, 0.15) is 11.4 Å². The molecule has 2 aromatic carbocycles. The Bertz CT molecular complexity index is 1460. The number of aromatic amines is 1. The van der Waals surface area contributed by atoms with Crippen LogP contribution >= 0.6 is 11.8 Å². The van der Waals surface area contributed by atoms with Gasteiger partial charge in [0.25, 0.3) is 10.8 Å². The maximum atomic E-state index is 12.2. The van der Waals surface area contributed by atoms with E-state index in [0.717, 1.165) is 33.4 Å². The summed E-state index contributed by atoms with van der Waals surface area (Å²) in [6.07, 6.45) is 0. The van der Waals surface area contributed by atoms with E-state index < -0.39 is 0 Å². The molecule has 0 fully saturated rings. The number of aryl methyl sites for hydroxylation is 1. The summed E-state index contributed by atoms with van der Waals surface area (Å²) in [5.74, 6) is 1.76. The van der Waals surface area contributed by atoms with Crippen LogP contribution in [0.25, 0.3) is 22.0 Å². The highest BCUT2D eigenvalue weighted by Gasteiger charge is 2.10. The zero-order valence-electron chi connectivity index (χ0n) is 17.2. The Labute approximate surface area is 186 Å². The van der Waals surface area contributed by atoms with E-state index in [4.69, 9.17) is 9.15 Å². The number of methoxy groups -OCH3 is 1. The van der Waals surface area contributed by atoms with Crippen molar-refractivity contribution in [2.75, 3.05) is 12.4 Å². The van der Waals surface area contributed by atoms with E-state index in [1.165, 1.54) is 17.8 Å². The zero-order valence-corrected chi connectivity index (χ0v) is 18.1. The predicted octanol–water partition coefficient (Wildman–Crippen LogP) is 4.21. The van der Waals surface area contributed by atoms with Gasteiger partial charge in [-0.2, -0.15) is 0 Å². The van der Waals surface area contributed by atoms with Crippen LogP contribution in [0.15, 0.2) is 63.0 Å². The van der Waals surface area contributed by atoms with E-state index in [2.05, 4.69) is 30.2 Å². The molecule has 0 saturated heterocycles.